The predicted octanol–water partition coefficient (Wildman–Crippen LogP) is 2.19. The average Bonchev–Trinajstić information content (AvgIpc) is 3.12. The monoisotopic (exact) mass is 318 g/mol. The molecule has 3 aromatic heterocycles. The minimum atomic E-state index is 0.384. The van der Waals surface area contributed by atoms with E-state index in [0.29, 0.717) is 17.6 Å². The number of methoxy groups -OCH3 is 1. The zero-order valence-electron chi connectivity index (χ0n) is 11.0. The maximum Gasteiger partial charge on any atom is 0.235 e. The smallest absolute Gasteiger partial charge is 0.235 e. The van der Waals surface area contributed by atoms with Gasteiger partial charge in [-0.3, -0.25) is 0 Å². The van der Waals surface area contributed by atoms with Crippen molar-refractivity contribution in [3.05, 3.63) is 24.0 Å². The van der Waals surface area contributed by atoms with Crippen LogP contribution in [0.5, 0.6) is 0 Å². The summed E-state index contributed by atoms with van der Waals surface area (Å²) < 4.78 is 7.86. The molecule has 4 rings (SSSR count). The van der Waals surface area contributed by atoms with Crippen LogP contribution in [-0.4, -0.2) is 31.9 Å². The summed E-state index contributed by atoms with van der Waals surface area (Å²) in [5.41, 5.74) is 7.66. The van der Waals surface area contributed by atoms with Crippen LogP contribution in [0.15, 0.2) is 18.2 Å². The van der Waals surface area contributed by atoms with E-state index in [4.69, 9.17) is 10.5 Å². The zero-order chi connectivity index (χ0) is 14.4. The number of thiazole rings is 1. The maximum absolute atomic E-state index is 5.74. The minimum Gasteiger partial charge on any atom is -0.377 e. The van der Waals surface area contributed by atoms with E-state index in [1.807, 2.05) is 18.2 Å². The first-order valence-corrected chi connectivity index (χ1v) is 7.74. The summed E-state index contributed by atoms with van der Waals surface area (Å²) >= 11 is 2.96. The standard InChI is InChI=1S/C12H10N6OS2/c1-19-5-9-15-16-12-18(9)17-10(21-12)6-2-3-7-8(4-6)20-11(13)14-7/h2-4H,5H2,1H3,(H2,13,14). The zero-order valence-corrected chi connectivity index (χ0v) is 12.6. The van der Waals surface area contributed by atoms with E-state index in [-0.39, 0.29) is 0 Å². The van der Waals surface area contributed by atoms with Gasteiger partial charge in [-0.2, -0.15) is 9.61 Å². The van der Waals surface area contributed by atoms with Crippen LogP contribution in [0.4, 0.5) is 5.13 Å². The van der Waals surface area contributed by atoms with Gasteiger partial charge in [0.2, 0.25) is 4.96 Å². The van der Waals surface area contributed by atoms with E-state index < -0.39 is 0 Å². The van der Waals surface area contributed by atoms with Gasteiger partial charge in [0, 0.05) is 12.7 Å². The van der Waals surface area contributed by atoms with Gasteiger partial charge in [-0.05, 0) is 18.2 Å². The number of hydrogen-bond donors (Lipinski definition) is 1. The highest BCUT2D eigenvalue weighted by Crippen LogP contribution is 2.31. The summed E-state index contributed by atoms with van der Waals surface area (Å²) in [5, 5.41) is 14.2. The van der Waals surface area contributed by atoms with E-state index in [1.54, 1.807) is 11.6 Å². The van der Waals surface area contributed by atoms with Crippen LogP contribution in [0.1, 0.15) is 5.82 Å². The Morgan fingerprint density at radius 1 is 1.29 bits per heavy atom. The van der Waals surface area contributed by atoms with Gasteiger partial charge in [0.05, 0.1) is 10.2 Å². The summed E-state index contributed by atoms with van der Waals surface area (Å²) in [4.78, 5) is 5.01. The summed E-state index contributed by atoms with van der Waals surface area (Å²) in [6.07, 6.45) is 0. The second-order valence-corrected chi connectivity index (χ2v) is 6.40. The molecule has 0 spiro atoms. The molecule has 3 heterocycles. The molecule has 0 saturated carbocycles. The fourth-order valence-electron chi connectivity index (χ4n) is 2.07. The van der Waals surface area contributed by atoms with Crippen molar-refractivity contribution in [2.45, 2.75) is 6.61 Å². The third-order valence-corrected chi connectivity index (χ3v) is 4.78. The molecule has 106 valence electrons. The van der Waals surface area contributed by atoms with Gasteiger partial charge in [-0.25, -0.2) is 4.98 Å². The van der Waals surface area contributed by atoms with Crippen molar-refractivity contribution in [3.8, 4) is 10.6 Å². The topological polar surface area (TPSA) is 91.2 Å². The Morgan fingerprint density at radius 3 is 3.05 bits per heavy atom. The molecular weight excluding hydrogens is 308 g/mol. The SMILES string of the molecule is COCc1nnc2sc(-c3ccc4nc(N)sc4c3)nn12. The average molecular weight is 318 g/mol. The Kier molecular flexibility index (Phi) is 2.84. The third-order valence-electron chi connectivity index (χ3n) is 2.98. The molecule has 9 heteroatoms. The van der Waals surface area contributed by atoms with Crippen molar-refractivity contribution in [2.75, 3.05) is 12.8 Å². The lowest BCUT2D eigenvalue weighted by Gasteiger charge is -1.95. The van der Waals surface area contributed by atoms with Crippen molar-refractivity contribution in [1.29, 1.82) is 0 Å². The second-order valence-electron chi connectivity index (χ2n) is 4.39. The number of hydrogen-bond acceptors (Lipinski definition) is 8. The van der Waals surface area contributed by atoms with Gasteiger partial charge in [0.15, 0.2) is 11.0 Å². The minimum absolute atomic E-state index is 0.384. The molecule has 4 aromatic rings. The van der Waals surface area contributed by atoms with E-state index in [2.05, 4.69) is 20.3 Å². The molecule has 1 aromatic carbocycles. The maximum atomic E-state index is 5.74. The number of benzene rings is 1. The Balaban J connectivity index is 1.83. The molecule has 0 fully saturated rings. The normalized spacial score (nSPS) is 11.7. The van der Waals surface area contributed by atoms with Gasteiger partial charge in [0.25, 0.3) is 0 Å². The predicted molar refractivity (Wildman–Crippen MR) is 82.4 cm³/mol. The lowest BCUT2D eigenvalue weighted by molar-refractivity contribution is 0.176. The Labute approximate surface area is 127 Å². The van der Waals surface area contributed by atoms with Gasteiger partial charge in [-0.1, -0.05) is 22.7 Å². The third kappa shape index (κ3) is 2.06. The molecule has 0 amide bonds. The largest absolute Gasteiger partial charge is 0.377 e. The molecule has 0 aliphatic heterocycles. The van der Waals surface area contributed by atoms with Crippen LogP contribution in [0.3, 0.4) is 0 Å². The summed E-state index contributed by atoms with van der Waals surface area (Å²) in [6, 6.07) is 5.99. The van der Waals surface area contributed by atoms with E-state index in [1.165, 1.54) is 22.7 Å². The number of nitrogens with two attached hydrogens (primary N) is 1. The Bertz CT molecular complexity index is 940. The molecular formula is C12H10N6OS2. The van der Waals surface area contributed by atoms with Crippen LogP contribution in [-0.2, 0) is 11.3 Å². The van der Waals surface area contributed by atoms with Crippen LogP contribution < -0.4 is 5.73 Å². The van der Waals surface area contributed by atoms with Crippen molar-refractivity contribution >= 4 is 43.0 Å². The molecule has 0 bridgehead atoms. The molecule has 0 aliphatic carbocycles. The highest BCUT2D eigenvalue weighted by Gasteiger charge is 2.13. The number of fused-ring (bicyclic) bond motifs is 2. The first-order valence-electron chi connectivity index (χ1n) is 6.11. The molecule has 0 aliphatic rings. The van der Waals surface area contributed by atoms with Gasteiger partial charge in [-0.15, -0.1) is 10.2 Å². The number of nitrogens with zero attached hydrogens (tertiary/aromatic N) is 5. The lowest BCUT2D eigenvalue weighted by Crippen LogP contribution is -1.97. The van der Waals surface area contributed by atoms with E-state index >= 15 is 0 Å². The fourth-order valence-corrected chi connectivity index (χ4v) is 3.70. The van der Waals surface area contributed by atoms with Crippen molar-refractivity contribution in [2.24, 2.45) is 0 Å². The van der Waals surface area contributed by atoms with E-state index in [9.17, 15) is 0 Å². The van der Waals surface area contributed by atoms with Crippen molar-refractivity contribution < 1.29 is 4.74 Å². The second kappa shape index (κ2) is 4.72. The summed E-state index contributed by atoms with van der Waals surface area (Å²) in [5.74, 6) is 0.693. The highest BCUT2D eigenvalue weighted by atomic mass is 32.1. The number of rotatable bonds is 3. The fraction of sp³-hybridized carbons (Fsp3) is 0.167. The van der Waals surface area contributed by atoms with Crippen LogP contribution >= 0.6 is 22.7 Å². The summed E-state index contributed by atoms with van der Waals surface area (Å²) in [7, 11) is 1.62. The molecule has 0 atom stereocenters. The number of ether oxygens (including phenoxy) is 1. The van der Waals surface area contributed by atoms with Crippen LogP contribution in [0.2, 0.25) is 0 Å². The van der Waals surface area contributed by atoms with Gasteiger partial charge >= 0.3 is 0 Å². The van der Waals surface area contributed by atoms with Crippen LogP contribution in [0.25, 0.3) is 25.7 Å². The van der Waals surface area contributed by atoms with Gasteiger partial charge in [0.1, 0.15) is 11.6 Å². The Morgan fingerprint density at radius 2 is 2.19 bits per heavy atom. The van der Waals surface area contributed by atoms with E-state index in [0.717, 1.165) is 25.7 Å². The lowest BCUT2D eigenvalue weighted by atomic mass is 10.2. The molecule has 0 unspecified atom stereocenters. The molecule has 0 saturated heterocycles. The Hall–Kier alpha value is -2.10. The van der Waals surface area contributed by atoms with Crippen LogP contribution in [0, 0.1) is 0 Å². The first kappa shape index (κ1) is 12.6. The quantitative estimate of drug-likeness (QED) is 0.622. The molecule has 0 radical (unpaired) electrons. The van der Waals surface area contributed by atoms with Gasteiger partial charge < -0.3 is 10.5 Å². The number of aromatic nitrogens is 5. The molecule has 7 nitrogen and oxygen atoms in total. The number of nitrogen functional groups attached to an aromatic ring is 1. The highest BCUT2D eigenvalue weighted by molar-refractivity contribution is 7.22. The number of anilines is 1. The van der Waals surface area contributed by atoms with Crippen molar-refractivity contribution in [1.82, 2.24) is 24.8 Å². The molecule has 2 N–H and O–H groups in total. The van der Waals surface area contributed by atoms with Crippen molar-refractivity contribution in [3.63, 3.8) is 0 Å². The summed E-state index contributed by atoms with van der Waals surface area (Å²) in [6.45, 7) is 0.384. The first-order chi connectivity index (χ1) is 10.2. The molecule has 21 heavy (non-hydrogen) atoms.